The van der Waals surface area contributed by atoms with Gasteiger partial charge in [0.1, 0.15) is 0 Å². The van der Waals surface area contributed by atoms with Gasteiger partial charge in [0.2, 0.25) is 10.0 Å². The molecule has 0 aliphatic rings. The number of nitrogens with two attached hydrogens (primary N) is 1. The molecule has 3 N–H and O–H groups in total. The van der Waals surface area contributed by atoms with Gasteiger partial charge in [-0.2, -0.15) is 0 Å². The van der Waals surface area contributed by atoms with Gasteiger partial charge in [-0.15, -0.1) is 0 Å². The van der Waals surface area contributed by atoms with E-state index in [1.165, 1.54) is 6.07 Å². The first-order chi connectivity index (χ1) is 9.49. The molecule has 2 rings (SSSR count). The Morgan fingerprint density at radius 3 is 2.70 bits per heavy atom. The highest BCUT2D eigenvalue weighted by Crippen LogP contribution is 2.16. The van der Waals surface area contributed by atoms with Crippen LogP contribution in [0.3, 0.4) is 0 Å². The summed E-state index contributed by atoms with van der Waals surface area (Å²) in [5, 5.41) is 0. The average molecular weight is 291 g/mol. The molecule has 2 aromatic rings. The number of pyridine rings is 1. The van der Waals surface area contributed by atoms with Crippen molar-refractivity contribution in [3.8, 4) is 0 Å². The SMILES string of the molecule is Cc1ccc(S(=O)(=O)NCCc2ccccn2)cc1N. The van der Waals surface area contributed by atoms with Crippen LogP contribution in [0.4, 0.5) is 5.69 Å². The summed E-state index contributed by atoms with van der Waals surface area (Å²) >= 11 is 0. The van der Waals surface area contributed by atoms with Gasteiger partial charge in [-0.3, -0.25) is 4.98 Å². The number of hydrogen-bond donors (Lipinski definition) is 2. The molecule has 0 radical (unpaired) electrons. The van der Waals surface area contributed by atoms with E-state index in [-0.39, 0.29) is 4.90 Å². The van der Waals surface area contributed by atoms with E-state index >= 15 is 0 Å². The molecule has 1 aromatic heterocycles. The molecule has 1 aromatic carbocycles. The van der Waals surface area contributed by atoms with Crippen molar-refractivity contribution < 1.29 is 8.42 Å². The first kappa shape index (κ1) is 14.5. The van der Waals surface area contributed by atoms with Crippen molar-refractivity contribution in [2.45, 2.75) is 18.2 Å². The van der Waals surface area contributed by atoms with E-state index in [2.05, 4.69) is 9.71 Å². The van der Waals surface area contributed by atoms with E-state index in [4.69, 9.17) is 5.73 Å². The smallest absolute Gasteiger partial charge is 0.240 e. The van der Waals surface area contributed by atoms with Crippen LogP contribution in [-0.2, 0) is 16.4 Å². The predicted molar refractivity (Wildman–Crippen MR) is 78.7 cm³/mol. The Morgan fingerprint density at radius 1 is 1.25 bits per heavy atom. The second-order valence-electron chi connectivity index (χ2n) is 4.49. The highest BCUT2D eigenvalue weighted by Gasteiger charge is 2.14. The Balaban J connectivity index is 2.02. The van der Waals surface area contributed by atoms with Crippen molar-refractivity contribution in [3.05, 3.63) is 53.9 Å². The summed E-state index contributed by atoms with van der Waals surface area (Å²) in [6, 6.07) is 10.3. The largest absolute Gasteiger partial charge is 0.398 e. The van der Waals surface area contributed by atoms with Crippen LogP contribution in [0.1, 0.15) is 11.3 Å². The topological polar surface area (TPSA) is 85.1 Å². The fourth-order valence-electron chi connectivity index (χ4n) is 1.73. The summed E-state index contributed by atoms with van der Waals surface area (Å²) in [6.07, 6.45) is 2.23. The molecule has 0 fully saturated rings. The number of nitrogen functional groups attached to an aromatic ring is 1. The van der Waals surface area contributed by atoms with Crippen molar-refractivity contribution in [2.24, 2.45) is 0 Å². The zero-order chi connectivity index (χ0) is 14.6. The number of nitrogens with one attached hydrogen (secondary N) is 1. The van der Waals surface area contributed by atoms with Crippen LogP contribution in [0, 0.1) is 6.92 Å². The van der Waals surface area contributed by atoms with Crippen LogP contribution in [0.5, 0.6) is 0 Å². The molecular formula is C14H17N3O2S. The summed E-state index contributed by atoms with van der Waals surface area (Å²) in [5.41, 5.74) is 7.91. The van der Waals surface area contributed by atoms with Crippen molar-refractivity contribution in [3.63, 3.8) is 0 Å². The fraction of sp³-hybridized carbons (Fsp3) is 0.214. The van der Waals surface area contributed by atoms with Gasteiger partial charge in [-0.25, -0.2) is 13.1 Å². The number of nitrogens with zero attached hydrogens (tertiary/aromatic N) is 1. The third-order valence-electron chi connectivity index (χ3n) is 2.96. The molecule has 1 heterocycles. The maximum absolute atomic E-state index is 12.1. The molecule has 0 aliphatic heterocycles. The van der Waals surface area contributed by atoms with Crippen molar-refractivity contribution in [1.82, 2.24) is 9.71 Å². The standard InChI is InChI=1S/C14H17N3O2S/c1-11-5-6-13(10-14(11)15)20(18,19)17-9-7-12-4-2-3-8-16-12/h2-6,8,10,17H,7,9,15H2,1H3. The van der Waals surface area contributed by atoms with Crippen LogP contribution in [0.25, 0.3) is 0 Å². The van der Waals surface area contributed by atoms with Crippen LogP contribution < -0.4 is 10.5 Å². The quantitative estimate of drug-likeness (QED) is 0.817. The summed E-state index contributed by atoms with van der Waals surface area (Å²) < 4.78 is 26.7. The molecule has 0 saturated heterocycles. The van der Waals surface area contributed by atoms with Crippen LogP contribution in [0.15, 0.2) is 47.5 Å². The minimum atomic E-state index is -3.53. The Bertz CT molecular complexity index is 685. The first-order valence-electron chi connectivity index (χ1n) is 6.25. The highest BCUT2D eigenvalue weighted by atomic mass is 32.2. The highest BCUT2D eigenvalue weighted by molar-refractivity contribution is 7.89. The normalized spacial score (nSPS) is 11.4. The monoisotopic (exact) mass is 291 g/mol. The van der Waals surface area contributed by atoms with Crippen molar-refractivity contribution in [1.29, 1.82) is 0 Å². The minimum Gasteiger partial charge on any atom is -0.398 e. The van der Waals surface area contributed by atoms with Crippen LogP contribution in [-0.4, -0.2) is 19.9 Å². The summed E-state index contributed by atoms with van der Waals surface area (Å²) in [5.74, 6) is 0. The predicted octanol–water partition coefficient (Wildman–Crippen LogP) is 1.49. The average Bonchev–Trinajstić information content (AvgIpc) is 2.43. The fourth-order valence-corrected chi connectivity index (χ4v) is 2.80. The summed E-state index contributed by atoms with van der Waals surface area (Å²) in [7, 11) is -3.53. The molecule has 20 heavy (non-hydrogen) atoms. The third kappa shape index (κ3) is 3.55. The zero-order valence-electron chi connectivity index (χ0n) is 11.2. The van der Waals surface area contributed by atoms with Gasteiger partial charge >= 0.3 is 0 Å². The van der Waals surface area contributed by atoms with Gasteiger partial charge in [0.15, 0.2) is 0 Å². The number of benzene rings is 1. The number of aromatic nitrogens is 1. The van der Waals surface area contributed by atoms with Gasteiger partial charge in [0.05, 0.1) is 4.90 Å². The Kier molecular flexibility index (Phi) is 4.36. The maximum atomic E-state index is 12.1. The van der Waals surface area contributed by atoms with Crippen molar-refractivity contribution in [2.75, 3.05) is 12.3 Å². The molecule has 0 aliphatic carbocycles. The Hall–Kier alpha value is -1.92. The molecule has 6 heteroatoms. The molecule has 106 valence electrons. The minimum absolute atomic E-state index is 0.182. The molecule has 0 atom stereocenters. The van der Waals surface area contributed by atoms with E-state index in [1.54, 1.807) is 18.3 Å². The lowest BCUT2D eigenvalue weighted by Crippen LogP contribution is -2.26. The third-order valence-corrected chi connectivity index (χ3v) is 4.42. The second-order valence-corrected chi connectivity index (χ2v) is 6.25. The summed E-state index contributed by atoms with van der Waals surface area (Å²) in [6.45, 7) is 2.13. The van der Waals surface area contributed by atoms with Crippen molar-refractivity contribution >= 4 is 15.7 Å². The molecular weight excluding hydrogens is 274 g/mol. The van der Waals surface area contributed by atoms with E-state index in [0.29, 0.717) is 18.7 Å². The van der Waals surface area contributed by atoms with E-state index < -0.39 is 10.0 Å². The number of anilines is 1. The lowest BCUT2D eigenvalue weighted by atomic mass is 10.2. The van der Waals surface area contributed by atoms with E-state index in [0.717, 1.165) is 11.3 Å². The van der Waals surface area contributed by atoms with Gasteiger partial charge < -0.3 is 5.73 Å². The van der Waals surface area contributed by atoms with E-state index in [1.807, 2.05) is 25.1 Å². The summed E-state index contributed by atoms with van der Waals surface area (Å²) in [4.78, 5) is 4.32. The molecule has 0 unspecified atom stereocenters. The van der Waals surface area contributed by atoms with Gasteiger partial charge in [0.25, 0.3) is 0 Å². The molecule has 0 saturated carbocycles. The first-order valence-corrected chi connectivity index (χ1v) is 7.73. The Labute approximate surface area is 118 Å². The second kappa shape index (κ2) is 6.02. The lowest BCUT2D eigenvalue weighted by molar-refractivity contribution is 0.581. The number of sulfonamides is 1. The lowest BCUT2D eigenvalue weighted by Gasteiger charge is -2.08. The van der Waals surface area contributed by atoms with E-state index in [9.17, 15) is 8.42 Å². The van der Waals surface area contributed by atoms with Crippen LogP contribution in [0.2, 0.25) is 0 Å². The Morgan fingerprint density at radius 2 is 2.05 bits per heavy atom. The van der Waals surface area contributed by atoms with Crippen LogP contribution >= 0.6 is 0 Å². The number of hydrogen-bond acceptors (Lipinski definition) is 4. The molecule has 0 amide bonds. The number of aryl methyl sites for hydroxylation is 1. The molecule has 5 nitrogen and oxygen atoms in total. The van der Waals surface area contributed by atoms with Gasteiger partial charge in [0, 0.05) is 30.5 Å². The molecule has 0 bridgehead atoms. The maximum Gasteiger partial charge on any atom is 0.240 e. The van der Waals surface area contributed by atoms with Gasteiger partial charge in [-0.05, 0) is 36.8 Å². The molecule has 0 spiro atoms. The number of rotatable bonds is 5. The van der Waals surface area contributed by atoms with Gasteiger partial charge in [-0.1, -0.05) is 12.1 Å². The zero-order valence-corrected chi connectivity index (χ0v) is 12.0.